The lowest BCUT2D eigenvalue weighted by Gasteiger charge is -2.14. The number of amides is 1. The van der Waals surface area contributed by atoms with Crippen LogP contribution in [0.4, 0.5) is 10.1 Å². The van der Waals surface area contributed by atoms with E-state index < -0.39 is 11.7 Å². The number of ether oxygens (including phenoxy) is 3. The van der Waals surface area contributed by atoms with E-state index in [0.29, 0.717) is 39.5 Å². The number of pyridine rings is 2. The zero-order chi connectivity index (χ0) is 26.6. The quantitative estimate of drug-likeness (QED) is 0.294. The molecule has 0 atom stereocenters. The van der Waals surface area contributed by atoms with Crippen LogP contribution in [-0.2, 0) is 11.3 Å². The Bertz CT molecular complexity index is 1680. The van der Waals surface area contributed by atoms with Crippen LogP contribution in [0.2, 0.25) is 0 Å². The fraction of sp³-hybridized carbons (Fsp3) is 0.115. The van der Waals surface area contributed by atoms with Gasteiger partial charge >= 0.3 is 0 Å². The third-order valence-electron chi connectivity index (χ3n) is 5.56. The van der Waals surface area contributed by atoms with Gasteiger partial charge < -0.3 is 24.8 Å². The summed E-state index contributed by atoms with van der Waals surface area (Å²) in [5.74, 6) is 0.345. The Balaban J connectivity index is 1.26. The molecule has 10 nitrogen and oxygen atoms in total. The number of hydrogen-bond acceptors (Lipinski definition) is 8. The zero-order valence-corrected chi connectivity index (χ0v) is 21.1. The molecule has 5 rings (SSSR count). The van der Waals surface area contributed by atoms with Gasteiger partial charge in [-0.05, 0) is 48.6 Å². The van der Waals surface area contributed by atoms with Crippen molar-refractivity contribution >= 4 is 50.9 Å². The third-order valence-corrected chi connectivity index (χ3v) is 5.76. The van der Waals surface area contributed by atoms with Crippen LogP contribution in [-0.4, -0.2) is 45.0 Å². The monoisotopic (exact) mass is 532 g/mol. The van der Waals surface area contributed by atoms with Crippen molar-refractivity contribution in [3.63, 3.8) is 0 Å². The standard InChI is InChI=1S/C26H21FN6O4S/c1-35-22-11-17-19(12-23(22)36-2)28-9-7-20(17)37-21-6-5-16(10-18(21)27)31-26(38)32-24(34)14-33-25-15(13-30-33)4-3-8-29-25/h3-13H,14H2,1-2H3,(H2,31,32,34,38). The molecule has 0 spiro atoms. The second-order valence-corrected chi connectivity index (χ2v) is 8.41. The summed E-state index contributed by atoms with van der Waals surface area (Å²) in [6.45, 7) is -0.0833. The fourth-order valence-corrected chi connectivity index (χ4v) is 4.04. The van der Waals surface area contributed by atoms with Crippen molar-refractivity contribution in [2.45, 2.75) is 6.54 Å². The van der Waals surface area contributed by atoms with E-state index in [2.05, 4.69) is 25.7 Å². The number of nitrogens with one attached hydrogen (secondary N) is 2. The van der Waals surface area contributed by atoms with Gasteiger partial charge in [0.05, 0.1) is 25.9 Å². The molecule has 0 aliphatic heterocycles. The largest absolute Gasteiger partial charge is 0.493 e. The fourth-order valence-electron chi connectivity index (χ4n) is 3.81. The van der Waals surface area contributed by atoms with E-state index in [1.165, 1.54) is 31.0 Å². The van der Waals surface area contributed by atoms with Gasteiger partial charge in [-0.2, -0.15) is 5.10 Å². The van der Waals surface area contributed by atoms with Crippen molar-refractivity contribution in [2.24, 2.45) is 0 Å². The summed E-state index contributed by atoms with van der Waals surface area (Å²) in [6.07, 6.45) is 4.80. The average molecular weight is 533 g/mol. The predicted octanol–water partition coefficient (Wildman–Crippen LogP) is 4.44. The highest BCUT2D eigenvalue weighted by Crippen LogP contribution is 2.37. The van der Waals surface area contributed by atoms with Crippen LogP contribution >= 0.6 is 12.2 Å². The molecule has 2 aromatic carbocycles. The van der Waals surface area contributed by atoms with Crippen molar-refractivity contribution in [3.05, 3.63) is 72.9 Å². The molecule has 0 radical (unpaired) electrons. The number of halogens is 1. The number of rotatable bonds is 7. The van der Waals surface area contributed by atoms with E-state index >= 15 is 0 Å². The number of fused-ring (bicyclic) bond motifs is 2. The lowest BCUT2D eigenvalue weighted by molar-refractivity contribution is -0.120. The second kappa shape index (κ2) is 10.6. The van der Waals surface area contributed by atoms with Crippen LogP contribution in [0, 0.1) is 5.82 Å². The van der Waals surface area contributed by atoms with Crippen molar-refractivity contribution in [3.8, 4) is 23.0 Å². The summed E-state index contributed by atoms with van der Waals surface area (Å²) in [5.41, 5.74) is 1.51. The maximum Gasteiger partial charge on any atom is 0.247 e. The number of aromatic nitrogens is 4. The average Bonchev–Trinajstić information content (AvgIpc) is 3.32. The SMILES string of the molecule is COc1cc2nccc(Oc3ccc(NC(=S)NC(=O)Cn4ncc5cccnc54)cc3F)c2cc1OC. The highest BCUT2D eigenvalue weighted by molar-refractivity contribution is 7.80. The molecule has 3 heterocycles. The van der Waals surface area contributed by atoms with Crippen LogP contribution < -0.4 is 24.8 Å². The number of benzene rings is 2. The van der Waals surface area contributed by atoms with Gasteiger partial charge in [-0.3, -0.25) is 9.78 Å². The molecule has 2 N–H and O–H groups in total. The van der Waals surface area contributed by atoms with Gasteiger partial charge in [0.25, 0.3) is 0 Å². The Morgan fingerprint density at radius 3 is 2.61 bits per heavy atom. The second-order valence-electron chi connectivity index (χ2n) is 8.00. The Kier molecular flexibility index (Phi) is 6.96. The van der Waals surface area contributed by atoms with E-state index in [1.807, 2.05) is 6.07 Å². The van der Waals surface area contributed by atoms with Crippen molar-refractivity contribution < 1.29 is 23.4 Å². The molecule has 38 heavy (non-hydrogen) atoms. The van der Waals surface area contributed by atoms with Gasteiger partial charge in [-0.25, -0.2) is 14.1 Å². The van der Waals surface area contributed by atoms with E-state index in [0.717, 1.165) is 5.39 Å². The molecule has 0 saturated carbocycles. The maximum atomic E-state index is 14.9. The zero-order valence-electron chi connectivity index (χ0n) is 20.3. The summed E-state index contributed by atoms with van der Waals surface area (Å²) in [6, 6.07) is 12.9. The van der Waals surface area contributed by atoms with E-state index in [9.17, 15) is 9.18 Å². The first-order chi connectivity index (χ1) is 18.4. The maximum absolute atomic E-state index is 14.9. The molecule has 0 aliphatic carbocycles. The van der Waals surface area contributed by atoms with Crippen molar-refractivity contribution in [2.75, 3.05) is 19.5 Å². The summed E-state index contributed by atoms with van der Waals surface area (Å²) in [5, 5.41) is 11.0. The molecule has 0 fully saturated rings. The number of nitrogens with zero attached hydrogens (tertiary/aromatic N) is 4. The minimum Gasteiger partial charge on any atom is -0.493 e. The Hall–Kier alpha value is -4.84. The van der Waals surface area contributed by atoms with Crippen molar-refractivity contribution in [1.82, 2.24) is 25.1 Å². The predicted molar refractivity (Wildman–Crippen MR) is 143 cm³/mol. The first-order valence-electron chi connectivity index (χ1n) is 11.3. The van der Waals surface area contributed by atoms with Gasteiger partial charge in [0.15, 0.2) is 33.8 Å². The molecule has 0 saturated heterocycles. The van der Waals surface area contributed by atoms with Crippen LogP contribution in [0.5, 0.6) is 23.0 Å². The summed E-state index contributed by atoms with van der Waals surface area (Å²) in [4.78, 5) is 21.0. The first-order valence-corrected chi connectivity index (χ1v) is 11.7. The lowest BCUT2D eigenvalue weighted by atomic mass is 10.2. The smallest absolute Gasteiger partial charge is 0.247 e. The van der Waals surface area contributed by atoms with Gasteiger partial charge in [0, 0.05) is 41.0 Å². The third kappa shape index (κ3) is 5.15. The Morgan fingerprint density at radius 1 is 1.00 bits per heavy atom. The van der Waals surface area contributed by atoms with Gasteiger partial charge in [0.2, 0.25) is 5.91 Å². The molecular formula is C26H21FN6O4S. The Morgan fingerprint density at radius 2 is 1.82 bits per heavy atom. The van der Waals surface area contributed by atoms with Gasteiger partial charge in [0.1, 0.15) is 12.3 Å². The van der Waals surface area contributed by atoms with Crippen LogP contribution in [0.3, 0.4) is 0 Å². The van der Waals surface area contributed by atoms with E-state index in [-0.39, 0.29) is 17.4 Å². The summed E-state index contributed by atoms with van der Waals surface area (Å²) < 4.78 is 32.9. The molecule has 0 unspecified atom stereocenters. The normalized spacial score (nSPS) is 10.8. The number of anilines is 1. The minimum atomic E-state index is -0.636. The van der Waals surface area contributed by atoms with E-state index in [1.54, 1.807) is 48.9 Å². The highest BCUT2D eigenvalue weighted by Gasteiger charge is 2.14. The number of carbonyl (C=O) groups is 1. The number of carbonyl (C=O) groups excluding carboxylic acids is 1. The number of thiocarbonyl (C=S) groups is 1. The molecule has 0 aliphatic rings. The van der Waals surface area contributed by atoms with Crippen LogP contribution in [0.15, 0.2) is 67.1 Å². The summed E-state index contributed by atoms with van der Waals surface area (Å²) in [7, 11) is 3.06. The van der Waals surface area contributed by atoms with E-state index in [4.69, 9.17) is 26.4 Å². The van der Waals surface area contributed by atoms with Gasteiger partial charge in [-0.1, -0.05) is 0 Å². The van der Waals surface area contributed by atoms with Crippen LogP contribution in [0.25, 0.3) is 21.9 Å². The molecule has 5 aromatic rings. The molecule has 0 bridgehead atoms. The van der Waals surface area contributed by atoms with Crippen molar-refractivity contribution in [1.29, 1.82) is 0 Å². The highest BCUT2D eigenvalue weighted by atomic mass is 32.1. The Labute approximate surface area is 221 Å². The number of methoxy groups -OCH3 is 2. The minimum absolute atomic E-state index is 0.00802. The lowest BCUT2D eigenvalue weighted by Crippen LogP contribution is -2.36. The number of hydrogen-bond donors (Lipinski definition) is 2. The van der Waals surface area contributed by atoms with Crippen LogP contribution in [0.1, 0.15) is 0 Å². The summed E-state index contributed by atoms with van der Waals surface area (Å²) >= 11 is 5.21. The van der Waals surface area contributed by atoms with Gasteiger partial charge in [-0.15, -0.1) is 0 Å². The first kappa shape index (κ1) is 24.8. The molecule has 1 amide bonds. The molecule has 192 valence electrons. The molecular weight excluding hydrogens is 511 g/mol. The topological polar surface area (TPSA) is 112 Å². The molecule has 3 aromatic heterocycles. The molecule has 12 heteroatoms.